The number of rotatable bonds is 8. The first-order valence-corrected chi connectivity index (χ1v) is 9.79. The normalized spacial score (nSPS) is 11.3. The van der Waals surface area contributed by atoms with Gasteiger partial charge in [0.1, 0.15) is 17.0 Å². The van der Waals surface area contributed by atoms with Crippen LogP contribution in [0.5, 0.6) is 23.0 Å². The van der Waals surface area contributed by atoms with Gasteiger partial charge >= 0.3 is 12.8 Å². The van der Waals surface area contributed by atoms with Gasteiger partial charge in [-0.3, -0.25) is 14.6 Å². The molecule has 3 N–H and O–H groups in total. The van der Waals surface area contributed by atoms with Crippen molar-refractivity contribution in [2.45, 2.75) is 12.8 Å². The lowest BCUT2D eigenvalue weighted by atomic mass is 10.1. The number of methoxy groups -OCH3 is 1. The minimum atomic E-state index is -5.22. The van der Waals surface area contributed by atoms with Crippen molar-refractivity contribution in [2.24, 2.45) is 5.73 Å². The quantitative estimate of drug-likeness (QED) is 0.388. The second kappa shape index (κ2) is 10.6. The molecule has 0 aliphatic carbocycles. The maximum Gasteiger partial charge on any atom is 0.419 e. The number of aromatic nitrogens is 1. The van der Waals surface area contributed by atoms with Crippen molar-refractivity contribution in [1.29, 1.82) is 0 Å². The molecule has 0 saturated carbocycles. The van der Waals surface area contributed by atoms with Crippen LogP contribution in [0.15, 0.2) is 42.6 Å². The molecule has 1 heterocycles. The lowest BCUT2D eigenvalue weighted by molar-refractivity contribution is -0.140. The number of hydrogen-bond acceptors (Lipinski definition) is 6. The third kappa shape index (κ3) is 5.99. The van der Waals surface area contributed by atoms with Crippen molar-refractivity contribution in [3.8, 4) is 23.0 Å². The highest BCUT2D eigenvalue weighted by Gasteiger charge is 2.37. The van der Waals surface area contributed by atoms with Gasteiger partial charge in [-0.25, -0.2) is 4.39 Å². The lowest BCUT2D eigenvalue weighted by Crippen LogP contribution is -2.19. The number of nitrogens with two attached hydrogens (primary N) is 1. The molecular weight excluding hydrogens is 519 g/mol. The Labute approximate surface area is 202 Å². The van der Waals surface area contributed by atoms with E-state index < -0.39 is 70.4 Å². The fourth-order valence-electron chi connectivity index (χ4n) is 3.01. The summed E-state index contributed by atoms with van der Waals surface area (Å²) in [6, 6.07) is 4.52. The topological polar surface area (TPSA) is 113 Å². The largest absolute Gasteiger partial charge is 0.490 e. The van der Waals surface area contributed by atoms with E-state index in [1.165, 1.54) is 0 Å². The Kier molecular flexibility index (Phi) is 7.74. The molecule has 0 radical (unpaired) electrons. The van der Waals surface area contributed by atoms with Gasteiger partial charge in [-0.1, -0.05) is 0 Å². The number of nitrogens with one attached hydrogen (secondary N) is 1. The van der Waals surface area contributed by atoms with E-state index in [4.69, 9.17) is 15.2 Å². The number of primary amides is 1. The van der Waals surface area contributed by atoms with E-state index in [-0.39, 0.29) is 17.4 Å². The molecule has 0 atom stereocenters. The van der Waals surface area contributed by atoms with Crippen molar-refractivity contribution >= 4 is 17.5 Å². The van der Waals surface area contributed by atoms with Gasteiger partial charge in [0.15, 0.2) is 17.3 Å². The molecule has 2 aromatic carbocycles. The van der Waals surface area contributed by atoms with Crippen LogP contribution in [0.1, 0.15) is 26.4 Å². The first-order chi connectivity index (χ1) is 17.3. The molecule has 0 spiro atoms. The van der Waals surface area contributed by atoms with Gasteiger partial charge in [-0.05, 0) is 36.4 Å². The van der Waals surface area contributed by atoms with E-state index in [0.717, 1.165) is 31.5 Å². The van der Waals surface area contributed by atoms with Crippen LogP contribution in [0.4, 0.5) is 36.4 Å². The molecule has 1 aromatic heterocycles. The van der Waals surface area contributed by atoms with Crippen LogP contribution in [-0.2, 0) is 6.18 Å². The summed E-state index contributed by atoms with van der Waals surface area (Å²) in [6.45, 7) is -3.39. The Bertz CT molecular complexity index is 1350. The molecule has 0 bridgehead atoms. The molecule has 196 valence electrons. The van der Waals surface area contributed by atoms with Crippen LogP contribution in [0.25, 0.3) is 0 Å². The van der Waals surface area contributed by atoms with E-state index in [2.05, 4.69) is 15.0 Å². The standard InChI is InChI=1S/C22H14F7N3O5/c1-35-18-14(5-4-13(17(18)24)37-21(25)26)36-12-3-2-10(22(27,28)29)16(23)15(12)20(34)32-9-6-7-31-11(8-9)19(30)33/h2-8,21H,1H3,(H2,30,33)(H,31,32,34). The maximum atomic E-state index is 15.0. The Balaban J connectivity index is 2.09. The summed E-state index contributed by atoms with van der Waals surface area (Å²) in [5.74, 6) is -9.17. The van der Waals surface area contributed by atoms with Crippen LogP contribution < -0.4 is 25.3 Å². The molecule has 2 amide bonds. The van der Waals surface area contributed by atoms with E-state index in [0.29, 0.717) is 12.1 Å². The summed E-state index contributed by atoms with van der Waals surface area (Å²) in [7, 11) is 0.915. The summed E-state index contributed by atoms with van der Waals surface area (Å²) in [5, 5.41) is 2.09. The number of alkyl halides is 5. The van der Waals surface area contributed by atoms with Gasteiger partial charge in [0.2, 0.25) is 11.6 Å². The van der Waals surface area contributed by atoms with Gasteiger partial charge in [0.25, 0.3) is 11.8 Å². The van der Waals surface area contributed by atoms with Crippen molar-refractivity contribution in [3.05, 3.63) is 71.1 Å². The van der Waals surface area contributed by atoms with Gasteiger partial charge in [-0.2, -0.15) is 26.3 Å². The summed E-state index contributed by atoms with van der Waals surface area (Å²) in [4.78, 5) is 27.8. The molecule has 15 heteroatoms. The fourth-order valence-corrected chi connectivity index (χ4v) is 3.01. The molecule has 8 nitrogen and oxygen atoms in total. The van der Waals surface area contributed by atoms with Gasteiger partial charge in [0, 0.05) is 11.9 Å². The summed E-state index contributed by atoms with van der Waals surface area (Å²) in [6.07, 6.45) is -4.17. The van der Waals surface area contributed by atoms with Crippen molar-refractivity contribution in [2.75, 3.05) is 12.4 Å². The predicted molar refractivity (Wildman–Crippen MR) is 112 cm³/mol. The van der Waals surface area contributed by atoms with Gasteiger partial charge in [-0.15, -0.1) is 0 Å². The van der Waals surface area contributed by atoms with Gasteiger partial charge in [0.05, 0.1) is 12.7 Å². The molecule has 3 aromatic rings. The minimum Gasteiger partial charge on any atom is -0.490 e. The first-order valence-electron chi connectivity index (χ1n) is 9.79. The monoisotopic (exact) mass is 533 g/mol. The fraction of sp³-hybridized carbons (Fsp3) is 0.136. The highest BCUT2D eigenvalue weighted by molar-refractivity contribution is 6.07. The second-order valence-corrected chi connectivity index (χ2v) is 6.94. The zero-order valence-electron chi connectivity index (χ0n) is 18.3. The number of amides is 2. The minimum absolute atomic E-state index is 0.186. The van der Waals surface area contributed by atoms with Crippen LogP contribution >= 0.6 is 0 Å². The number of benzene rings is 2. The number of carbonyl (C=O) groups excluding carboxylic acids is 2. The zero-order valence-corrected chi connectivity index (χ0v) is 18.3. The molecule has 0 aliphatic rings. The number of pyridine rings is 1. The van der Waals surface area contributed by atoms with Crippen LogP contribution in [0.3, 0.4) is 0 Å². The number of ether oxygens (including phenoxy) is 3. The van der Waals surface area contributed by atoms with E-state index >= 15 is 4.39 Å². The average Bonchev–Trinajstić information content (AvgIpc) is 2.80. The highest BCUT2D eigenvalue weighted by Crippen LogP contribution is 2.42. The number of anilines is 1. The first kappa shape index (κ1) is 27.0. The smallest absolute Gasteiger partial charge is 0.419 e. The average molecular weight is 533 g/mol. The van der Waals surface area contributed by atoms with Crippen LogP contribution in [-0.4, -0.2) is 30.5 Å². The molecular formula is C22H14F7N3O5. The summed E-state index contributed by atoms with van der Waals surface area (Å²) < 4.78 is 109. The highest BCUT2D eigenvalue weighted by atomic mass is 19.4. The summed E-state index contributed by atoms with van der Waals surface area (Å²) >= 11 is 0. The number of halogens is 7. The van der Waals surface area contributed by atoms with Crippen molar-refractivity contribution in [1.82, 2.24) is 4.98 Å². The SMILES string of the molecule is COc1c(Oc2ccc(C(F)(F)F)c(F)c2C(=O)Nc2ccnc(C(N)=O)c2)ccc(OC(F)F)c1F. The van der Waals surface area contributed by atoms with Crippen molar-refractivity contribution in [3.63, 3.8) is 0 Å². The number of carbonyl (C=O) groups is 2. The third-order valence-electron chi connectivity index (χ3n) is 4.57. The molecule has 3 rings (SSSR count). The molecule has 0 saturated heterocycles. The molecule has 37 heavy (non-hydrogen) atoms. The Morgan fingerprint density at radius 3 is 2.24 bits per heavy atom. The third-order valence-corrected chi connectivity index (χ3v) is 4.57. The van der Waals surface area contributed by atoms with Crippen molar-refractivity contribution < 1.29 is 54.5 Å². The van der Waals surface area contributed by atoms with Crippen LogP contribution in [0, 0.1) is 11.6 Å². The summed E-state index contributed by atoms with van der Waals surface area (Å²) in [5.41, 5.74) is 1.51. The Morgan fingerprint density at radius 2 is 1.65 bits per heavy atom. The van der Waals surface area contributed by atoms with E-state index in [9.17, 15) is 35.9 Å². The van der Waals surface area contributed by atoms with Gasteiger partial charge < -0.3 is 25.3 Å². The Hall–Kier alpha value is -4.56. The predicted octanol–water partition coefficient (Wildman–Crippen LogP) is 5.13. The zero-order chi connectivity index (χ0) is 27.5. The van der Waals surface area contributed by atoms with Crippen LogP contribution in [0.2, 0.25) is 0 Å². The Morgan fingerprint density at radius 1 is 1.00 bits per heavy atom. The number of hydrogen-bond donors (Lipinski definition) is 2. The maximum absolute atomic E-state index is 15.0. The molecule has 0 aliphatic heterocycles. The lowest BCUT2D eigenvalue weighted by Gasteiger charge is -2.18. The molecule has 0 unspecified atom stereocenters. The molecule has 0 fully saturated rings. The van der Waals surface area contributed by atoms with E-state index in [1.54, 1.807) is 0 Å². The number of nitrogens with zero attached hydrogens (tertiary/aromatic N) is 1. The van der Waals surface area contributed by atoms with E-state index in [1.807, 2.05) is 0 Å². The second-order valence-electron chi connectivity index (χ2n) is 6.94.